The molecule has 0 atom stereocenters. The van der Waals surface area contributed by atoms with Gasteiger partial charge in [-0.25, -0.2) is 0 Å². The molecule has 0 aromatic heterocycles. The molecule has 2 saturated carbocycles. The number of likely N-dealkylation sites (tertiary alicyclic amines) is 2. The molecular formula is C77H86F3K3N2O18P2PdS+2. The number of carboxylic acid groups (broad SMARTS) is 2. The van der Waals surface area contributed by atoms with Crippen LogP contribution in [0.1, 0.15) is 92.3 Å². The number of carbonyl (C=O) groups excluding carboxylic acids is 2. The van der Waals surface area contributed by atoms with Gasteiger partial charge in [-0.15, -0.1) is 6.42 Å². The zero-order valence-corrected chi connectivity index (χ0v) is 74.9. The van der Waals surface area contributed by atoms with Crippen molar-refractivity contribution in [2.75, 3.05) is 66.7 Å². The number of nitrogens with zero attached hydrogens (tertiary/aromatic N) is 2. The monoisotopic (exact) mass is 1700 g/mol. The van der Waals surface area contributed by atoms with Crippen molar-refractivity contribution in [3.63, 3.8) is 0 Å². The number of phosphoric acid groups is 1. The standard InChI is InChI=1S/C27H29NO3.C18H20F3NO5S.C18H15P.C10H10O.2C2H4O2.3K.H3O4P.H2O.Pd/c1-3-31-24-10-7-20(8-11-24)4-5-21-6-9-22-15-26(16-23(22)14-21)17-28(18-26)19-27(12-13-27)25(29)30-2;1-26-15(23)17(4-5-17)11-22-9-16(10-22)7-12-2-3-14(6-13(12)8-16)27-28(24,25)18(19,20)21;1-4-10-16(11-5-1)19(17-12-6-2-7-13-17)18-14-8-3-9-15-18;1-3-9-5-7-10(8-6-9)11-4-2;2*1-2(3)4;;;;1-5(2,3)4;;/h6-11,14H,3,12-13,15-19H2,1-2H3;2-3,6H,4-5,7-11H2,1H3;1-15H;1,5-8H,4H2,2H3;2*1H3,(H,3,4);;;;(H3,1,2,3,4);1H2;/q;;;;;;3*+1;;;/p-1. The molecule has 6 N–H and O–H groups in total. The number of benzene rings is 7. The average molecular weight is 1700 g/mol. The summed E-state index contributed by atoms with van der Waals surface area (Å²) in [6, 6.07) is 58.7. The number of methoxy groups -OCH3 is 2. The summed E-state index contributed by atoms with van der Waals surface area (Å²) in [5.74, 6) is 8.68. The van der Waals surface area contributed by atoms with Gasteiger partial charge in [-0.1, -0.05) is 121 Å². The van der Waals surface area contributed by atoms with Crippen LogP contribution in [0.5, 0.6) is 17.2 Å². The summed E-state index contributed by atoms with van der Waals surface area (Å²) in [7, 11) is -8.11. The molecule has 2 heterocycles. The Balaban J connectivity index is 0.000000469. The summed E-state index contributed by atoms with van der Waals surface area (Å²) in [5, 5.41) is 19.0. The number of ether oxygens (including phenoxy) is 4. The third kappa shape index (κ3) is 31.5. The van der Waals surface area contributed by atoms with Crippen molar-refractivity contribution in [1.29, 1.82) is 0 Å². The van der Waals surface area contributed by atoms with Crippen LogP contribution >= 0.6 is 15.7 Å². The summed E-state index contributed by atoms with van der Waals surface area (Å²) in [5.41, 5.74) is 1.92. The van der Waals surface area contributed by atoms with Crippen LogP contribution in [-0.4, -0.2) is 140 Å². The number of terminal acetylenes is 1. The minimum absolute atomic E-state index is 0. The smallest absolute Gasteiger partial charge is 0.756 e. The first-order valence-corrected chi connectivity index (χ1v) is 37.0. The van der Waals surface area contributed by atoms with E-state index in [0.717, 1.165) is 131 Å². The fraction of sp³-hybridized carbons (Fsp3) is 0.351. The van der Waals surface area contributed by atoms with Gasteiger partial charge >= 0.3 is 182 Å². The van der Waals surface area contributed by atoms with E-state index in [1.807, 2.05) is 62.4 Å². The van der Waals surface area contributed by atoms with E-state index in [1.165, 1.54) is 53.4 Å². The van der Waals surface area contributed by atoms with Crippen molar-refractivity contribution in [2.45, 2.75) is 84.6 Å². The summed E-state index contributed by atoms with van der Waals surface area (Å²) in [4.78, 5) is 69.5. The Labute approximate surface area is 767 Å². The van der Waals surface area contributed by atoms with E-state index in [0.29, 0.717) is 31.6 Å². The number of esters is 2. The first-order valence-electron chi connectivity index (χ1n) is 32.7. The predicted molar refractivity (Wildman–Crippen MR) is 385 cm³/mol. The van der Waals surface area contributed by atoms with Gasteiger partial charge in [0.1, 0.15) is 17.2 Å². The Morgan fingerprint density at radius 1 is 0.551 bits per heavy atom. The Bertz CT molecular complexity index is 4150. The average Bonchev–Trinajstić information content (AvgIpc) is 1.60. The second-order valence-electron chi connectivity index (χ2n) is 25.6. The summed E-state index contributed by atoms with van der Waals surface area (Å²) in [6.07, 6.45) is 12.5. The van der Waals surface area contributed by atoms with Gasteiger partial charge in [0.25, 0.3) is 19.8 Å². The van der Waals surface area contributed by atoms with E-state index in [2.05, 4.69) is 141 Å². The number of hydrogen-bond donors (Lipinski definition) is 4. The number of halogens is 3. The first-order chi connectivity index (χ1) is 48.3. The normalized spacial score (nSPS) is 15.4. The van der Waals surface area contributed by atoms with Crippen LogP contribution in [0.25, 0.3) is 0 Å². The molecule has 0 amide bonds. The predicted octanol–water partition coefficient (Wildman–Crippen LogP) is 0.425. The Kier molecular flexibility index (Phi) is 43.0. The van der Waals surface area contributed by atoms with Crippen molar-refractivity contribution in [2.24, 2.45) is 21.7 Å². The first kappa shape index (κ1) is 99.7. The van der Waals surface area contributed by atoms with E-state index in [9.17, 15) is 31.2 Å². The third-order valence-electron chi connectivity index (χ3n) is 17.3. The maximum atomic E-state index is 12.5. The van der Waals surface area contributed by atoms with Crippen molar-refractivity contribution >= 4 is 65.7 Å². The molecule has 0 bridgehead atoms. The number of hydrogen-bond acceptors (Lipinski definition) is 15. The maximum absolute atomic E-state index is 12.5. The number of carboxylic acids is 2. The number of carbonyl (C=O) groups is 4. The van der Waals surface area contributed by atoms with Crippen LogP contribution in [0.2, 0.25) is 0 Å². The van der Waals surface area contributed by atoms with Gasteiger partial charge in [0.15, 0.2) is 0 Å². The Morgan fingerprint density at radius 3 is 1.19 bits per heavy atom. The molecule has 2 aliphatic heterocycles. The fourth-order valence-electron chi connectivity index (χ4n) is 12.8. The molecule has 13 rings (SSSR count). The van der Waals surface area contributed by atoms with E-state index in [-0.39, 0.29) is 214 Å². The van der Waals surface area contributed by atoms with Crippen LogP contribution < -0.4 is 189 Å². The van der Waals surface area contributed by atoms with Crippen LogP contribution in [0.4, 0.5) is 13.2 Å². The maximum Gasteiger partial charge on any atom is 1.00 e. The summed E-state index contributed by atoms with van der Waals surface area (Å²) < 4.78 is 93.5. The number of alkyl halides is 3. The van der Waals surface area contributed by atoms with Gasteiger partial charge in [-0.05, 0) is 184 Å². The van der Waals surface area contributed by atoms with Gasteiger partial charge in [0.05, 0.1) is 38.3 Å². The van der Waals surface area contributed by atoms with Crippen LogP contribution in [0.15, 0.2) is 176 Å². The van der Waals surface area contributed by atoms with E-state index >= 15 is 0 Å². The van der Waals surface area contributed by atoms with Gasteiger partial charge in [-0.3, -0.25) is 23.7 Å². The molecule has 7 aromatic rings. The molecule has 7 aromatic carbocycles. The van der Waals surface area contributed by atoms with E-state index < -0.39 is 43.3 Å². The molecule has 20 nitrogen and oxygen atoms in total. The molecule has 107 heavy (non-hydrogen) atoms. The van der Waals surface area contributed by atoms with Crippen LogP contribution in [0, 0.1) is 45.8 Å². The molecular weight excluding hydrogens is 1620 g/mol. The molecule has 2 spiro atoms. The topological polar surface area (TPSA) is 308 Å². The fourth-order valence-corrected chi connectivity index (χ4v) is 15.6. The molecule has 4 fully saturated rings. The molecule has 2 saturated heterocycles. The van der Waals surface area contributed by atoms with Crippen molar-refractivity contribution in [1.82, 2.24) is 9.80 Å². The van der Waals surface area contributed by atoms with Gasteiger partial charge in [0.2, 0.25) is 0 Å². The molecule has 4 aliphatic carbocycles. The molecule has 560 valence electrons. The summed E-state index contributed by atoms with van der Waals surface area (Å²) in [6.45, 7) is 12.7. The molecule has 6 aliphatic rings. The Morgan fingerprint density at radius 2 is 0.860 bits per heavy atom. The quantitative estimate of drug-likeness (QED) is 0.0270. The van der Waals surface area contributed by atoms with Crippen molar-refractivity contribution in [3.8, 4) is 41.4 Å². The van der Waals surface area contributed by atoms with Gasteiger partial charge in [-0.2, -0.15) is 21.6 Å². The Hall–Kier alpha value is -3.33. The second-order valence-corrected chi connectivity index (χ2v) is 30.4. The number of aliphatic carboxylic acids is 2. The minimum atomic E-state index is -5.67. The summed E-state index contributed by atoms with van der Waals surface area (Å²) >= 11 is 0. The van der Waals surface area contributed by atoms with Crippen molar-refractivity contribution in [3.05, 3.63) is 215 Å². The number of rotatable bonds is 15. The largest absolute Gasteiger partial charge is 1.00 e. The van der Waals surface area contributed by atoms with E-state index in [4.69, 9.17) is 64.4 Å². The molecule has 30 heteroatoms. The van der Waals surface area contributed by atoms with Gasteiger partial charge in [0, 0.05) is 101 Å². The van der Waals surface area contributed by atoms with Crippen molar-refractivity contribution < 1.29 is 273 Å². The van der Waals surface area contributed by atoms with Crippen LogP contribution in [-0.2, 0) is 89.4 Å². The zero-order valence-electron chi connectivity index (χ0n) is 61.4. The molecule has 0 radical (unpaired) electrons. The van der Waals surface area contributed by atoms with Crippen LogP contribution in [0.3, 0.4) is 0 Å². The third-order valence-corrected chi connectivity index (χ3v) is 20.7. The zero-order chi connectivity index (χ0) is 74.5. The van der Waals surface area contributed by atoms with E-state index in [1.54, 1.807) is 6.07 Å². The SMILES string of the molecule is C#Cc1ccc(OCC)cc1.CC(=O)O.CC(=O)O.CCOc1ccc(C#Cc2ccc3c(c2)CC2(C3)CN(CC3(C(=O)OC)CC3)C2)cc1.COC(=O)C1(CN2CC3(Cc4ccc(OS(=O)(=O)C(F)(F)F)cc4C3)C2)CC1.O.O=P([O-])(O)O.[K+].[K+].[K+].[Pd].c1ccc(P(c2ccccc2)c2ccccc2)cc1. The minimum Gasteiger partial charge on any atom is -0.756 e. The molecule has 0 unspecified atom stereocenters. The van der Waals surface area contributed by atoms with Gasteiger partial charge < -0.3 is 63.3 Å². The second kappa shape index (κ2) is 46.1. The number of fused-ring (bicyclic) bond motifs is 2.